The Balaban J connectivity index is 2.07. The summed E-state index contributed by atoms with van der Waals surface area (Å²) in [6.07, 6.45) is 4.34. The highest BCUT2D eigenvalue weighted by atomic mass is 35.5. The summed E-state index contributed by atoms with van der Waals surface area (Å²) in [5.74, 6) is 0. The minimum Gasteiger partial charge on any atom is -0.396 e. The van der Waals surface area contributed by atoms with Crippen LogP contribution in [0.1, 0.15) is 25.7 Å². The number of aliphatic hydroxyl groups is 1. The molecule has 0 radical (unpaired) electrons. The predicted molar refractivity (Wildman–Crippen MR) is 65.5 cm³/mol. The van der Waals surface area contributed by atoms with E-state index in [4.69, 9.17) is 16.7 Å². The van der Waals surface area contributed by atoms with E-state index in [9.17, 15) is 0 Å². The lowest BCUT2D eigenvalue weighted by atomic mass is 10.2. The Morgan fingerprint density at radius 2 is 1.67 bits per heavy atom. The van der Waals surface area contributed by atoms with Crippen LogP contribution in [0.15, 0.2) is 24.3 Å². The predicted octanol–water partition coefficient (Wildman–Crippen LogP) is 3.30. The number of nitrogens with one attached hydrogen (secondary N) is 1. The Morgan fingerprint density at radius 1 is 1.00 bits per heavy atom. The van der Waals surface area contributed by atoms with E-state index in [1.807, 2.05) is 24.3 Å². The standard InChI is InChI=1S/C12H18ClNO/c13-11-5-7-12(8-6-11)14-9-3-1-2-4-10-15/h5-8,14-15H,1-4,9-10H2. The van der Waals surface area contributed by atoms with Crippen LogP contribution in [0, 0.1) is 0 Å². The van der Waals surface area contributed by atoms with Crippen molar-refractivity contribution >= 4 is 17.3 Å². The van der Waals surface area contributed by atoms with Gasteiger partial charge in [0.15, 0.2) is 0 Å². The lowest BCUT2D eigenvalue weighted by Gasteiger charge is -2.05. The summed E-state index contributed by atoms with van der Waals surface area (Å²) in [6, 6.07) is 7.73. The Bertz CT molecular complexity index is 261. The second-order valence-corrected chi connectivity index (χ2v) is 4.01. The largest absolute Gasteiger partial charge is 0.396 e. The summed E-state index contributed by atoms with van der Waals surface area (Å²) in [7, 11) is 0. The fourth-order valence-corrected chi connectivity index (χ4v) is 1.52. The van der Waals surface area contributed by atoms with Crippen molar-refractivity contribution < 1.29 is 5.11 Å². The van der Waals surface area contributed by atoms with E-state index in [-0.39, 0.29) is 0 Å². The number of hydrogen-bond donors (Lipinski definition) is 2. The molecule has 1 aromatic rings. The Morgan fingerprint density at radius 3 is 2.33 bits per heavy atom. The van der Waals surface area contributed by atoms with E-state index in [0.29, 0.717) is 6.61 Å². The first kappa shape index (κ1) is 12.3. The zero-order valence-corrected chi connectivity index (χ0v) is 9.63. The first-order chi connectivity index (χ1) is 7.33. The van der Waals surface area contributed by atoms with Gasteiger partial charge in [-0.3, -0.25) is 0 Å². The molecule has 0 atom stereocenters. The normalized spacial score (nSPS) is 10.3. The fourth-order valence-electron chi connectivity index (χ4n) is 1.39. The minimum atomic E-state index is 0.310. The number of anilines is 1. The number of unbranched alkanes of at least 4 members (excludes halogenated alkanes) is 3. The first-order valence-electron chi connectivity index (χ1n) is 5.43. The molecule has 2 nitrogen and oxygen atoms in total. The third-order valence-corrected chi connectivity index (χ3v) is 2.51. The van der Waals surface area contributed by atoms with Crippen LogP contribution in [0.5, 0.6) is 0 Å². The van der Waals surface area contributed by atoms with Crippen molar-refractivity contribution in [1.29, 1.82) is 0 Å². The zero-order chi connectivity index (χ0) is 10.9. The highest BCUT2D eigenvalue weighted by Gasteiger charge is 1.92. The summed E-state index contributed by atoms with van der Waals surface area (Å²) >= 11 is 5.78. The topological polar surface area (TPSA) is 32.3 Å². The molecule has 0 aromatic heterocycles. The van der Waals surface area contributed by atoms with Gasteiger partial charge >= 0.3 is 0 Å². The van der Waals surface area contributed by atoms with Crippen molar-refractivity contribution in [3.63, 3.8) is 0 Å². The molecule has 0 fully saturated rings. The van der Waals surface area contributed by atoms with Crippen molar-refractivity contribution in [3.05, 3.63) is 29.3 Å². The monoisotopic (exact) mass is 227 g/mol. The number of hydrogen-bond acceptors (Lipinski definition) is 2. The molecule has 0 amide bonds. The zero-order valence-electron chi connectivity index (χ0n) is 8.88. The molecule has 1 aromatic carbocycles. The maximum absolute atomic E-state index is 8.60. The van der Waals surface area contributed by atoms with E-state index < -0.39 is 0 Å². The summed E-state index contributed by atoms with van der Waals surface area (Å²) in [6.45, 7) is 1.29. The molecule has 0 aliphatic rings. The van der Waals surface area contributed by atoms with Crippen LogP contribution in [-0.4, -0.2) is 18.3 Å². The van der Waals surface area contributed by atoms with Gasteiger partial charge in [-0.1, -0.05) is 24.4 Å². The third kappa shape index (κ3) is 5.65. The molecule has 0 unspecified atom stereocenters. The Kier molecular flexibility index (Phi) is 6.21. The summed E-state index contributed by atoms with van der Waals surface area (Å²) in [5.41, 5.74) is 1.11. The van der Waals surface area contributed by atoms with Gasteiger partial charge in [0.1, 0.15) is 0 Å². The van der Waals surface area contributed by atoms with Gasteiger partial charge in [-0.2, -0.15) is 0 Å². The number of rotatable bonds is 7. The van der Waals surface area contributed by atoms with Crippen molar-refractivity contribution in [2.45, 2.75) is 25.7 Å². The van der Waals surface area contributed by atoms with Crippen LogP contribution in [0.25, 0.3) is 0 Å². The lowest BCUT2D eigenvalue weighted by molar-refractivity contribution is 0.283. The smallest absolute Gasteiger partial charge is 0.0431 e. The van der Waals surface area contributed by atoms with Crippen LogP contribution in [0.4, 0.5) is 5.69 Å². The molecule has 0 bridgehead atoms. The lowest BCUT2D eigenvalue weighted by Crippen LogP contribution is -2.01. The average molecular weight is 228 g/mol. The molecular formula is C12H18ClNO. The molecule has 0 saturated heterocycles. The van der Waals surface area contributed by atoms with Crippen molar-refractivity contribution in [2.24, 2.45) is 0 Å². The summed E-state index contributed by atoms with van der Waals surface area (Å²) in [5, 5.41) is 12.7. The van der Waals surface area contributed by atoms with Gasteiger partial charge in [0.05, 0.1) is 0 Å². The fraction of sp³-hybridized carbons (Fsp3) is 0.500. The highest BCUT2D eigenvalue weighted by molar-refractivity contribution is 6.30. The van der Waals surface area contributed by atoms with Gasteiger partial charge < -0.3 is 10.4 Å². The molecule has 0 heterocycles. The molecule has 2 N–H and O–H groups in total. The van der Waals surface area contributed by atoms with Gasteiger partial charge in [0.25, 0.3) is 0 Å². The van der Waals surface area contributed by atoms with Gasteiger partial charge in [-0.25, -0.2) is 0 Å². The Labute approximate surface area is 96.3 Å². The number of aliphatic hydroxyl groups excluding tert-OH is 1. The first-order valence-corrected chi connectivity index (χ1v) is 5.81. The van der Waals surface area contributed by atoms with E-state index in [1.54, 1.807) is 0 Å². The molecule has 3 heteroatoms. The van der Waals surface area contributed by atoms with Gasteiger partial charge in [0.2, 0.25) is 0 Å². The summed E-state index contributed by atoms with van der Waals surface area (Å²) in [4.78, 5) is 0. The van der Waals surface area contributed by atoms with Crippen molar-refractivity contribution in [3.8, 4) is 0 Å². The Hall–Kier alpha value is -0.730. The quantitative estimate of drug-likeness (QED) is 0.701. The maximum Gasteiger partial charge on any atom is 0.0431 e. The highest BCUT2D eigenvalue weighted by Crippen LogP contribution is 2.13. The number of benzene rings is 1. The number of halogens is 1. The summed E-state index contributed by atoms with van der Waals surface area (Å²) < 4.78 is 0. The molecule has 1 rings (SSSR count). The molecule has 0 aliphatic carbocycles. The second kappa shape index (κ2) is 7.55. The van der Waals surface area contributed by atoms with Crippen LogP contribution in [0.3, 0.4) is 0 Å². The SMILES string of the molecule is OCCCCCCNc1ccc(Cl)cc1. The van der Waals surface area contributed by atoms with Crippen LogP contribution in [-0.2, 0) is 0 Å². The van der Waals surface area contributed by atoms with Crippen LogP contribution in [0.2, 0.25) is 5.02 Å². The molecule has 0 spiro atoms. The van der Waals surface area contributed by atoms with Crippen LogP contribution >= 0.6 is 11.6 Å². The third-order valence-electron chi connectivity index (χ3n) is 2.26. The average Bonchev–Trinajstić information content (AvgIpc) is 2.26. The molecule has 0 saturated carbocycles. The van der Waals surface area contributed by atoms with Gasteiger partial charge in [-0.15, -0.1) is 0 Å². The maximum atomic E-state index is 8.60. The van der Waals surface area contributed by atoms with E-state index in [2.05, 4.69) is 5.32 Å². The van der Waals surface area contributed by atoms with Crippen molar-refractivity contribution in [1.82, 2.24) is 0 Å². The van der Waals surface area contributed by atoms with Crippen molar-refractivity contribution in [2.75, 3.05) is 18.5 Å². The minimum absolute atomic E-state index is 0.310. The second-order valence-electron chi connectivity index (χ2n) is 3.57. The molecule has 84 valence electrons. The van der Waals surface area contributed by atoms with E-state index in [1.165, 1.54) is 6.42 Å². The van der Waals surface area contributed by atoms with E-state index >= 15 is 0 Å². The van der Waals surface area contributed by atoms with E-state index in [0.717, 1.165) is 36.5 Å². The van der Waals surface area contributed by atoms with Gasteiger partial charge in [-0.05, 0) is 37.1 Å². The molecule has 15 heavy (non-hydrogen) atoms. The van der Waals surface area contributed by atoms with Crippen LogP contribution < -0.4 is 5.32 Å². The van der Waals surface area contributed by atoms with Gasteiger partial charge in [0, 0.05) is 23.9 Å². The molecule has 0 aliphatic heterocycles. The molecular weight excluding hydrogens is 210 g/mol.